The lowest BCUT2D eigenvalue weighted by atomic mass is 10.1. The van der Waals surface area contributed by atoms with Crippen LogP contribution in [-0.4, -0.2) is 32.2 Å². The number of ether oxygens (including phenoxy) is 2. The molecule has 0 aliphatic carbocycles. The first-order valence-electron chi connectivity index (χ1n) is 7.42. The Morgan fingerprint density at radius 2 is 2.04 bits per heavy atom. The number of halogens is 1. The maximum absolute atomic E-state index is 12.4. The van der Waals surface area contributed by atoms with Gasteiger partial charge in [0.2, 0.25) is 0 Å². The molecule has 1 heterocycles. The smallest absolute Gasteiger partial charge is 0.317 e. The zero-order valence-corrected chi connectivity index (χ0v) is 15.7. The van der Waals surface area contributed by atoms with Gasteiger partial charge < -0.3 is 19.7 Å². The molecule has 2 aromatic rings. The molecule has 0 spiro atoms. The second-order valence-electron chi connectivity index (χ2n) is 5.34. The van der Waals surface area contributed by atoms with Gasteiger partial charge in [-0.2, -0.15) is 0 Å². The Morgan fingerprint density at radius 1 is 1.29 bits per heavy atom. The summed E-state index contributed by atoms with van der Waals surface area (Å²) < 4.78 is 11.3. The summed E-state index contributed by atoms with van der Waals surface area (Å²) in [6.45, 7) is 2.41. The number of nitrogens with zero attached hydrogens (tertiary/aromatic N) is 1. The highest BCUT2D eigenvalue weighted by atomic mass is 35.5. The standard InChI is InChI=1S/C17H21ClN2O3S/c1-11(14-9-12(22-3)5-7-15(14)23-4)19-17(21)20(2)10-13-6-8-16(18)24-13/h5-9,11H,10H2,1-4H3,(H,19,21). The predicted molar refractivity (Wildman–Crippen MR) is 97.3 cm³/mol. The zero-order chi connectivity index (χ0) is 17.7. The van der Waals surface area contributed by atoms with Crippen LogP contribution in [0.5, 0.6) is 11.5 Å². The normalized spacial score (nSPS) is 11.7. The molecule has 130 valence electrons. The number of hydrogen-bond acceptors (Lipinski definition) is 4. The number of nitrogens with one attached hydrogen (secondary N) is 1. The molecule has 1 atom stereocenters. The molecule has 1 unspecified atom stereocenters. The molecule has 0 radical (unpaired) electrons. The Kier molecular flexibility index (Phi) is 6.34. The van der Waals surface area contributed by atoms with Crippen molar-refractivity contribution >= 4 is 29.0 Å². The summed E-state index contributed by atoms with van der Waals surface area (Å²) in [4.78, 5) is 15.1. The minimum atomic E-state index is -0.225. The summed E-state index contributed by atoms with van der Waals surface area (Å²) in [6, 6.07) is 8.87. The van der Waals surface area contributed by atoms with E-state index < -0.39 is 0 Å². The lowest BCUT2D eigenvalue weighted by molar-refractivity contribution is 0.203. The van der Waals surface area contributed by atoms with Gasteiger partial charge in [0.15, 0.2) is 0 Å². The van der Waals surface area contributed by atoms with E-state index in [1.165, 1.54) is 11.3 Å². The van der Waals surface area contributed by atoms with E-state index in [-0.39, 0.29) is 12.1 Å². The van der Waals surface area contributed by atoms with Crippen LogP contribution in [0.2, 0.25) is 4.34 Å². The molecule has 0 saturated carbocycles. The number of carbonyl (C=O) groups is 1. The quantitative estimate of drug-likeness (QED) is 0.826. The van der Waals surface area contributed by atoms with Crippen molar-refractivity contribution in [2.45, 2.75) is 19.5 Å². The van der Waals surface area contributed by atoms with Crippen LogP contribution in [0, 0.1) is 0 Å². The largest absolute Gasteiger partial charge is 0.497 e. The summed E-state index contributed by atoms with van der Waals surface area (Å²) in [5.74, 6) is 1.42. The van der Waals surface area contributed by atoms with Gasteiger partial charge in [0, 0.05) is 17.5 Å². The first-order chi connectivity index (χ1) is 11.4. The summed E-state index contributed by atoms with van der Waals surface area (Å²) in [6.07, 6.45) is 0. The number of benzene rings is 1. The van der Waals surface area contributed by atoms with E-state index in [4.69, 9.17) is 21.1 Å². The third-order valence-electron chi connectivity index (χ3n) is 3.61. The molecule has 5 nitrogen and oxygen atoms in total. The molecule has 0 aliphatic heterocycles. The lowest BCUT2D eigenvalue weighted by Gasteiger charge is -2.22. The van der Waals surface area contributed by atoms with Crippen molar-refractivity contribution in [3.05, 3.63) is 45.1 Å². The van der Waals surface area contributed by atoms with Crippen LogP contribution in [0.3, 0.4) is 0 Å². The molecular weight excluding hydrogens is 348 g/mol. The average molecular weight is 369 g/mol. The molecule has 1 aromatic heterocycles. The van der Waals surface area contributed by atoms with E-state index in [9.17, 15) is 4.79 Å². The summed E-state index contributed by atoms with van der Waals surface area (Å²) >= 11 is 7.39. The van der Waals surface area contributed by atoms with Crippen molar-refractivity contribution in [2.75, 3.05) is 21.3 Å². The zero-order valence-electron chi connectivity index (χ0n) is 14.1. The average Bonchev–Trinajstić information content (AvgIpc) is 2.98. The number of methoxy groups -OCH3 is 2. The van der Waals surface area contributed by atoms with Crippen molar-refractivity contribution in [3.63, 3.8) is 0 Å². The summed E-state index contributed by atoms with van der Waals surface area (Å²) in [5, 5.41) is 2.97. The highest BCUT2D eigenvalue weighted by molar-refractivity contribution is 7.16. The monoisotopic (exact) mass is 368 g/mol. The Morgan fingerprint density at radius 3 is 2.62 bits per heavy atom. The van der Waals surface area contributed by atoms with E-state index in [2.05, 4.69) is 5.32 Å². The first kappa shape index (κ1) is 18.4. The fraction of sp³-hybridized carbons (Fsp3) is 0.353. The molecule has 2 rings (SSSR count). The van der Waals surface area contributed by atoms with Crippen LogP contribution in [0.25, 0.3) is 0 Å². The Hall–Kier alpha value is -1.92. The lowest BCUT2D eigenvalue weighted by Crippen LogP contribution is -2.38. The van der Waals surface area contributed by atoms with Crippen LogP contribution in [0.15, 0.2) is 30.3 Å². The van der Waals surface area contributed by atoms with E-state index >= 15 is 0 Å². The third-order valence-corrected chi connectivity index (χ3v) is 4.83. The van der Waals surface area contributed by atoms with Gasteiger partial charge in [-0.1, -0.05) is 11.6 Å². The van der Waals surface area contributed by atoms with Crippen molar-refractivity contribution in [1.82, 2.24) is 10.2 Å². The molecule has 1 N–H and O–H groups in total. The molecule has 0 fully saturated rings. The molecule has 1 aromatic carbocycles. The third kappa shape index (κ3) is 4.55. The number of urea groups is 1. The van der Waals surface area contributed by atoms with E-state index in [0.29, 0.717) is 22.4 Å². The van der Waals surface area contributed by atoms with Gasteiger partial charge in [0.1, 0.15) is 11.5 Å². The first-order valence-corrected chi connectivity index (χ1v) is 8.61. The van der Waals surface area contributed by atoms with E-state index in [0.717, 1.165) is 10.4 Å². The minimum Gasteiger partial charge on any atom is -0.497 e. The number of carbonyl (C=O) groups excluding carboxylic acids is 1. The molecule has 0 saturated heterocycles. The molecule has 0 bridgehead atoms. The van der Waals surface area contributed by atoms with Gasteiger partial charge in [-0.3, -0.25) is 0 Å². The van der Waals surface area contributed by atoms with Crippen molar-refractivity contribution in [3.8, 4) is 11.5 Å². The second kappa shape index (κ2) is 8.26. The van der Waals surface area contributed by atoms with Gasteiger partial charge in [0.05, 0.1) is 31.1 Å². The van der Waals surface area contributed by atoms with Crippen LogP contribution < -0.4 is 14.8 Å². The number of hydrogen-bond donors (Lipinski definition) is 1. The van der Waals surface area contributed by atoms with Crippen molar-refractivity contribution in [2.24, 2.45) is 0 Å². The fourth-order valence-electron chi connectivity index (χ4n) is 2.29. The minimum absolute atomic E-state index is 0.170. The van der Waals surface area contributed by atoms with Gasteiger partial charge in [-0.05, 0) is 37.3 Å². The molecule has 2 amide bonds. The second-order valence-corrected chi connectivity index (χ2v) is 7.14. The Bertz CT molecular complexity index is 705. The Labute approximate surface area is 151 Å². The van der Waals surface area contributed by atoms with Crippen LogP contribution in [0.4, 0.5) is 4.79 Å². The topological polar surface area (TPSA) is 50.8 Å². The van der Waals surface area contributed by atoms with E-state index in [1.54, 1.807) is 26.2 Å². The van der Waals surface area contributed by atoms with Gasteiger partial charge in [-0.15, -0.1) is 11.3 Å². The molecule has 24 heavy (non-hydrogen) atoms. The Balaban J connectivity index is 2.05. The van der Waals surface area contributed by atoms with Crippen LogP contribution >= 0.6 is 22.9 Å². The highest BCUT2D eigenvalue weighted by Crippen LogP contribution is 2.29. The van der Waals surface area contributed by atoms with Gasteiger partial charge >= 0.3 is 6.03 Å². The predicted octanol–water partition coefficient (Wildman–Crippen LogP) is 4.32. The number of thiophene rings is 1. The maximum atomic E-state index is 12.4. The van der Waals surface area contributed by atoms with Crippen LogP contribution in [-0.2, 0) is 6.54 Å². The molecular formula is C17H21ClN2O3S. The van der Waals surface area contributed by atoms with Crippen molar-refractivity contribution in [1.29, 1.82) is 0 Å². The van der Waals surface area contributed by atoms with Gasteiger partial charge in [0.25, 0.3) is 0 Å². The fourth-order valence-corrected chi connectivity index (χ4v) is 3.43. The number of amides is 2. The van der Waals surface area contributed by atoms with E-state index in [1.807, 2.05) is 37.3 Å². The van der Waals surface area contributed by atoms with Crippen molar-refractivity contribution < 1.29 is 14.3 Å². The SMILES string of the molecule is COc1ccc(OC)c(C(C)NC(=O)N(C)Cc2ccc(Cl)s2)c1. The maximum Gasteiger partial charge on any atom is 0.317 e. The molecule has 7 heteroatoms. The number of rotatable bonds is 6. The summed E-state index contributed by atoms with van der Waals surface area (Å²) in [5.41, 5.74) is 0.859. The molecule has 0 aliphatic rings. The van der Waals surface area contributed by atoms with Gasteiger partial charge in [-0.25, -0.2) is 4.79 Å². The van der Waals surface area contributed by atoms with Crippen LogP contribution in [0.1, 0.15) is 23.4 Å². The highest BCUT2D eigenvalue weighted by Gasteiger charge is 2.18. The summed E-state index contributed by atoms with van der Waals surface area (Å²) in [7, 11) is 4.96.